The highest BCUT2D eigenvalue weighted by molar-refractivity contribution is 5.01. The average Bonchev–Trinajstić information content (AvgIpc) is 1.94. The molecule has 2 heteroatoms. The minimum Gasteiger partial charge on any atom is -0.392 e. The molecule has 2 aliphatic rings. The molecule has 0 saturated heterocycles. The molecule has 0 aromatic rings. The standard InChI is InChI=1S/C11H21NO/c1-8-5-11(6-8,7-12)10(13)9-3-2-4-9/h8-10,13H,2-7,12H2,1H3/t8?,10-,11?/m1/s1. The highest BCUT2D eigenvalue weighted by atomic mass is 16.3. The molecule has 0 aromatic heterocycles. The van der Waals surface area contributed by atoms with Gasteiger partial charge in [-0.05, 0) is 37.5 Å². The van der Waals surface area contributed by atoms with E-state index in [1.54, 1.807) is 0 Å². The van der Waals surface area contributed by atoms with Gasteiger partial charge in [-0.2, -0.15) is 0 Å². The van der Waals surface area contributed by atoms with Crippen LogP contribution in [0.4, 0.5) is 0 Å². The van der Waals surface area contributed by atoms with Crippen LogP contribution in [0, 0.1) is 17.3 Å². The van der Waals surface area contributed by atoms with Crippen LogP contribution in [0.5, 0.6) is 0 Å². The van der Waals surface area contributed by atoms with Gasteiger partial charge < -0.3 is 10.8 Å². The second-order valence-corrected chi connectivity index (χ2v) is 5.22. The fourth-order valence-electron chi connectivity index (χ4n) is 3.11. The van der Waals surface area contributed by atoms with E-state index in [0.29, 0.717) is 12.5 Å². The van der Waals surface area contributed by atoms with E-state index < -0.39 is 0 Å². The molecule has 0 radical (unpaired) electrons. The van der Waals surface area contributed by atoms with Crippen LogP contribution in [0.25, 0.3) is 0 Å². The van der Waals surface area contributed by atoms with Crippen molar-refractivity contribution in [3.63, 3.8) is 0 Å². The highest BCUT2D eigenvalue weighted by Crippen LogP contribution is 2.51. The van der Waals surface area contributed by atoms with Crippen LogP contribution in [0.1, 0.15) is 39.0 Å². The molecular formula is C11H21NO. The summed E-state index contributed by atoms with van der Waals surface area (Å²) in [6.07, 6.45) is 5.91. The third-order valence-electron chi connectivity index (χ3n) is 4.14. The summed E-state index contributed by atoms with van der Waals surface area (Å²) in [6, 6.07) is 0. The fourth-order valence-corrected chi connectivity index (χ4v) is 3.11. The molecule has 76 valence electrons. The summed E-state index contributed by atoms with van der Waals surface area (Å²) >= 11 is 0. The van der Waals surface area contributed by atoms with Gasteiger partial charge in [-0.1, -0.05) is 13.3 Å². The lowest BCUT2D eigenvalue weighted by Gasteiger charge is -2.52. The summed E-state index contributed by atoms with van der Waals surface area (Å²) < 4.78 is 0. The van der Waals surface area contributed by atoms with Crippen molar-refractivity contribution in [1.82, 2.24) is 0 Å². The molecule has 0 heterocycles. The van der Waals surface area contributed by atoms with Crippen molar-refractivity contribution in [1.29, 1.82) is 0 Å². The molecule has 0 aromatic carbocycles. The predicted molar refractivity (Wildman–Crippen MR) is 53.2 cm³/mol. The summed E-state index contributed by atoms with van der Waals surface area (Å²) in [4.78, 5) is 0. The molecule has 2 fully saturated rings. The van der Waals surface area contributed by atoms with Crippen molar-refractivity contribution < 1.29 is 5.11 Å². The van der Waals surface area contributed by atoms with Gasteiger partial charge in [0.1, 0.15) is 0 Å². The quantitative estimate of drug-likeness (QED) is 0.697. The van der Waals surface area contributed by atoms with Crippen molar-refractivity contribution >= 4 is 0 Å². The lowest BCUT2D eigenvalue weighted by Crippen LogP contribution is -2.54. The summed E-state index contributed by atoms with van der Waals surface area (Å²) in [5, 5.41) is 10.2. The van der Waals surface area contributed by atoms with Crippen LogP contribution in [-0.4, -0.2) is 17.8 Å². The van der Waals surface area contributed by atoms with Gasteiger partial charge >= 0.3 is 0 Å². The molecule has 13 heavy (non-hydrogen) atoms. The molecule has 1 atom stereocenters. The van der Waals surface area contributed by atoms with Crippen LogP contribution < -0.4 is 5.73 Å². The van der Waals surface area contributed by atoms with Gasteiger partial charge in [0.25, 0.3) is 0 Å². The van der Waals surface area contributed by atoms with E-state index in [2.05, 4.69) is 6.92 Å². The Hall–Kier alpha value is -0.0800. The zero-order valence-corrected chi connectivity index (χ0v) is 8.50. The van der Waals surface area contributed by atoms with Crippen LogP contribution in [0.2, 0.25) is 0 Å². The number of hydrogen-bond donors (Lipinski definition) is 2. The maximum atomic E-state index is 10.2. The van der Waals surface area contributed by atoms with E-state index in [0.717, 1.165) is 18.8 Å². The van der Waals surface area contributed by atoms with E-state index >= 15 is 0 Å². The monoisotopic (exact) mass is 183 g/mol. The topological polar surface area (TPSA) is 46.2 Å². The van der Waals surface area contributed by atoms with E-state index in [9.17, 15) is 5.11 Å². The predicted octanol–water partition coefficient (Wildman–Crippen LogP) is 1.52. The van der Waals surface area contributed by atoms with Crippen molar-refractivity contribution in [2.45, 2.75) is 45.1 Å². The summed E-state index contributed by atoms with van der Waals surface area (Å²) in [5.74, 6) is 1.34. The van der Waals surface area contributed by atoms with Gasteiger partial charge in [0, 0.05) is 12.0 Å². The van der Waals surface area contributed by atoms with E-state index in [1.165, 1.54) is 19.3 Å². The van der Waals surface area contributed by atoms with Crippen molar-refractivity contribution in [3.8, 4) is 0 Å². The first-order valence-corrected chi connectivity index (χ1v) is 5.56. The number of rotatable bonds is 3. The molecule has 0 unspecified atom stereocenters. The summed E-state index contributed by atoms with van der Waals surface area (Å²) in [5.41, 5.74) is 5.89. The second-order valence-electron chi connectivity index (χ2n) is 5.22. The maximum Gasteiger partial charge on any atom is 0.0636 e. The zero-order chi connectivity index (χ0) is 9.47. The van der Waals surface area contributed by atoms with Gasteiger partial charge in [-0.3, -0.25) is 0 Å². The molecule has 2 nitrogen and oxygen atoms in total. The SMILES string of the molecule is CC1CC(CN)([C@H](O)C2CCC2)C1. The van der Waals surface area contributed by atoms with Gasteiger partial charge in [-0.15, -0.1) is 0 Å². The van der Waals surface area contributed by atoms with Gasteiger partial charge in [-0.25, -0.2) is 0 Å². The zero-order valence-electron chi connectivity index (χ0n) is 8.50. The third-order valence-corrected chi connectivity index (χ3v) is 4.14. The minimum atomic E-state index is -0.109. The Morgan fingerprint density at radius 3 is 2.38 bits per heavy atom. The van der Waals surface area contributed by atoms with Crippen molar-refractivity contribution in [3.05, 3.63) is 0 Å². The molecular weight excluding hydrogens is 162 g/mol. The Bertz CT molecular complexity index is 183. The van der Waals surface area contributed by atoms with Crippen LogP contribution in [0.3, 0.4) is 0 Å². The van der Waals surface area contributed by atoms with Crippen LogP contribution >= 0.6 is 0 Å². The first-order valence-electron chi connectivity index (χ1n) is 5.56. The van der Waals surface area contributed by atoms with Gasteiger partial charge in [0.05, 0.1) is 6.10 Å². The molecule has 3 N–H and O–H groups in total. The number of aliphatic hydroxyl groups excluding tert-OH is 1. The van der Waals surface area contributed by atoms with Crippen LogP contribution in [-0.2, 0) is 0 Å². The Balaban J connectivity index is 1.95. The van der Waals surface area contributed by atoms with Gasteiger partial charge in [0.2, 0.25) is 0 Å². The Morgan fingerprint density at radius 2 is 2.08 bits per heavy atom. The Kier molecular flexibility index (Phi) is 2.37. The smallest absolute Gasteiger partial charge is 0.0636 e. The minimum absolute atomic E-state index is 0.102. The van der Waals surface area contributed by atoms with Gasteiger partial charge in [0.15, 0.2) is 0 Å². The molecule has 2 rings (SSSR count). The molecule has 0 amide bonds. The fraction of sp³-hybridized carbons (Fsp3) is 1.00. The van der Waals surface area contributed by atoms with E-state index in [-0.39, 0.29) is 11.5 Å². The third kappa shape index (κ3) is 1.40. The van der Waals surface area contributed by atoms with E-state index in [1.807, 2.05) is 0 Å². The van der Waals surface area contributed by atoms with Crippen molar-refractivity contribution in [2.75, 3.05) is 6.54 Å². The highest BCUT2D eigenvalue weighted by Gasteiger charge is 2.49. The lowest BCUT2D eigenvalue weighted by atomic mass is 9.55. The Morgan fingerprint density at radius 1 is 1.46 bits per heavy atom. The number of hydrogen-bond acceptors (Lipinski definition) is 2. The second kappa shape index (κ2) is 3.25. The Labute approximate surface area is 80.5 Å². The largest absolute Gasteiger partial charge is 0.392 e. The van der Waals surface area contributed by atoms with Crippen LogP contribution in [0.15, 0.2) is 0 Å². The number of aliphatic hydroxyl groups is 1. The first kappa shape index (κ1) is 9.47. The van der Waals surface area contributed by atoms with E-state index in [4.69, 9.17) is 5.73 Å². The molecule has 0 aliphatic heterocycles. The van der Waals surface area contributed by atoms with Crippen molar-refractivity contribution in [2.24, 2.45) is 23.0 Å². The summed E-state index contributed by atoms with van der Waals surface area (Å²) in [7, 11) is 0. The normalized spacial score (nSPS) is 42.2. The molecule has 2 saturated carbocycles. The summed E-state index contributed by atoms with van der Waals surface area (Å²) in [6.45, 7) is 2.93. The number of nitrogens with two attached hydrogens (primary N) is 1. The molecule has 0 bridgehead atoms. The first-order chi connectivity index (χ1) is 6.18. The molecule has 0 spiro atoms. The lowest BCUT2D eigenvalue weighted by molar-refractivity contribution is -0.103. The molecule has 2 aliphatic carbocycles. The average molecular weight is 183 g/mol. The maximum absolute atomic E-state index is 10.2.